The molecular weight excluding hydrogens is 246 g/mol. The first kappa shape index (κ1) is 14.8. The number of nitrogens with one attached hydrogen (secondary N) is 1. The Morgan fingerprint density at radius 1 is 1.53 bits per heavy atom. The lowest BCUT2D eigenvalue weighted by Crippen LogP contribution is -2.44. The first-order chi connectivity index (χ1) is 8.99. The van der Waals surface area contributed by atoms with Gasteiger partial charge in [-0.3, -0.25) is 4.79 Å². The Hall–Kier alpha value is -2.24. The summed E-state index contributed by atoms with van der Waals surface area (Å²) in [4.78, 5) is 12.0. The van der Waals surface area contributed by atoms with Gasteiger partial charge in [-0.15, -0.1) is 0 Å². The monoisotopic (exact) mass is 265 g/mol. The topological polar surface area (TPSA) is 108 Å². The number of nitrogens with two attached hydrogens (primary N) is 1. The molecule has 0 saturated carbocycles. The first-order valence-corrected chi connectivity index (χ1v) is 6.07. The van der Waals surface area contributed by atoms with Crippen LogP contribution in [0.3, 0.4) is 0 Å². The van der Waals surface area contributed by atoms with Crippen LogP contribution in [0.1, 0.15) is 35.7 Å². The molecule has 19 heavy (non-hydrogen) atoms. The van der Waals surface area contributed by atoms with E-state index in [0.29, 0.717) is 17.5 Å². The molecular formula is C13H19N3O3. The normalized spacial score (nSPS) is 13.1. The lowest BCUT2D eigenvalue weighted by Gasteiger charge is -2.16. The van der Waals surface area contributed by atoms with Gasteiger partial charge in [-0.1, -0.05) is 18.5 Å². The van der Waals surface area contributed by atoms with Gasteiger partial charge in [0, 0.05) is 5.56 Å². The van der Waals surface area contributed by atoms with E-state index < -0.39 is 6.04 Å². The average Bonchev–Trinajstić information content (AvgIpc) is 2.40. The molecule has 104 valence electrons. The summed E-state index contributed by atoms with van der Waals surface area (Å²) < 4.78 is 0. The Morgan fingerprint density at radius 2 is 2.21 bits per heavy atom. The zero-order valence-electron chi connectivity index (χ0n) is 11.1. The number of aromatic hydroxyl groups is 1. The third-order valence-electron chi connectivity index (χ3n) is 2.81. The van der Waals surface area contributed by atoms with Crippen LogP contribution < -0.4 is 11.1 Å². The molecule has 0 bridgehead atoms. The molecule has 0 saturated heterocycles. The van der Waals surface area contributed by atoms with Gasteiger partial charge in [0.1, 0.15) is 5.75 Å². The maximum atomic E-state index is 12.0. The molecule has 0 heterocycles. The molecule has 1 rings (SSSR count). The number of oxime groups is 1. The predicted molar refractivity (Wildman–Crippen MR) is 72.4 cm³/mol. The molecule has 1 amide bonds. The van der Waals surface area contributed by atoms with E-state index in [1.807, 2.05) is 6.92 Å². The summed E-state index contributed by atoms with van der Waals surface area (Å²) in [6.45, 7) is 3.65. The molecule has 0 spiro atoms. The van der Waals surface area contributed by atoms with Gasteiger partial charge in [0.25, 0.3) is 5.91 Å². The molecule has 1 unspecified atom stereocenters. The highest BCUT2D eigenvalue weighted by Gasteiger charge is 2.17. The number of carbonyl (C=O) groups is 1. The van der Waals surface area contributed by atoms with E-state index in [2.05, 4.69) is 10.5 Å². The number of amides is 1. The van der Waals surface area contributed by atoms with Crippen molar-refractivity contribution in [1.29, 1.82) is 0 Å². The minimum atomic E-state index is -0.503. The van der Waals surface area contributed by atoms with E-state index in [1.54, 1.807) is 13.0 Å². The lowest BCUT2D eigenvalue weighted by atomic mass is 10.1. The number of rotatable bonds is 5. The van der Waals surface area contributed by atoms with Crippen molar-refractivity contribution in [3.8, 4) is 5.75 Å². The molecule has 6 heteroatoms. The fourth-order valence-corrected chi connectivity index (χ4v) is 1.69. The number of nitrogens with zero attached hydrogens (tertiary/aromatic N) is 1. The van der Waals surface area contributed by atoms with Crippen LogP contribution in [0.15, 0.2) is 23.4 Å². The summed E-state index contributed by atoms with van der Waals surface area (Å²) in [5, 5.41) is 23.7. The van der Waals surface area contributed by atoms with Crippen molar-refractivity contribution in [1.82, 2.24) is 5.32 Å². The third-order valence-corrected chi connectivity index (χ3v) is 2.81. The van der Waals surface area contributed by atoms with Crippen LogP contribution in [0.4, 0.5) is 0 Å². The molecule has 0 radical (unpaired) electrons. The molecule has 1 atom stereocenters. The second-order valence-corrected chi connectivity index (χ2v) is 4.34. The fraction of sp³-hybridized carbons (Fsp3) is 0.385. The Balaban J connectivity index is 2.84. The number of phenolic OH excluding ortho intramolecular Hbond substituents is 1. The summed E-state index contributed by atoms with van der Waals surface area (Å²) in [5.41, 5.74) is 6.56. The SMILES string of the molecule is CCCC(NC(=O)c1ccc(O)c(C)c1)/C(N)=N/O. The summed E-state index contributed by atoms with van der Waals surface area (Å²) >= 11 is 0. The summed E-state index contributed by atoms with van der Waals surface area (Å²) in [6, 6.07) is 4.06. The van der Waals surface area contributed by atoms with Gasteiger partial charge in [-0.2, -0.15) is 0 Å². The summed E-state index contributed by atoms with van der Waals surface area (Å²) in [6.07, 6.45) is 1.37. The Morgan fingerprint density at radius 3 is 2.74 bits per heavy atom. The first-order valence-electron chi connectivity index (χ1n) is 6.07. The highest BCUT2D eigenvalue weighted by molar-refractivity contribution is 5.98. The average molecular weight is 265 g/mol. The molecule has 0 aliphatic carbocycles. The van der Waals surface area contributed by atoms with Crippen LogP contribution in [0.25, 0.3) is 0 Å². The second-order valence-electron chi connectivity index (χ2n) is 4.34. The number of phenols is 1. The smallest absolute Gasteiger partial charge is 0.251 e. The molecule has 6 nitrogen and oxygen atoms in total. The van der Waals surface area contributed by atoms with E-state index in [0.717, 1.165) is 6.42 Å². The zero-order chi connectivity index (χ0) is 14.4. The van der Waals surface area contributed by atoms with Crippen molar-refractivity contribution in [2.75, 3.05) is 0 Å². The molecule has 0 fully saturated rings. The third kappa shape index (κ3) is 3.87. The van der Waals surface area contributed by atoms with Crippen LogP contribution in [-0.2, 0) is 0 Å². The number of hydrogen-bond acceptors (Lipinski definition) is 4. The number of benzene rings is 1. The van der Waals surface area contributed by atoms with Gasteiger partial charge >= 0.3 is 0 Å². The Labute approximate surface area is 111 Å². The van der Waals surface area contributed by atoms with E-state index >= 15 is 0 Å². The summed E-state index contributed by atoms with van der Waals surface area (Å²) in [5.74, 6) is -0.211. The number of aryl methyl sites for hydroxylation is 1. The highest BCUT2D eigenvalue weighted by Crippen LogP contribution is 2.17. The molecule has 0 aliphatic rings. The maximum Gasteiger partial charge on any atom is 0.251 e. The van der Waals surface area contributed by atoms with E-state index in [1.165, 1.54) is 12.1 Å². The van der Waals surface area contributed by atoms with Crippen molar-refractivity contribution in [2.24, 2.45) is 10.9 Å². The molecule has 1 aromatic carbocycles. The van der Waals surface area contributed by atoms with Gasteiger partial charge in [0.2, 0.25) is 0 Å². The lowest BCUT2D eigenvalue weighted by molar-refractivity contribution is 0.0944. The van der Waals surface area contributed by atoms with Crippen LogP contribution in [0.5, 0.6) is 5.75 Å². The number of hydrogen-bond donors (Lipinski definition) is 4. The Bertz CT molecular complexity index is 486. The number of carbonyl (C=O) groups excluding carboxylic acids is 1. The molecule has 0 aromatic heterocycles. The van der Waals surface area contributed by atoms with Crippen LogP contribution >= 0.6 is 0 Å². The van der Waals surface area contributed by atoms with Crippen molar-refractivity contribution in [2.45, 2.75) is 32.7 Å². The standard InChI is InChI=1S/C13H19N3O3/c1-3-4-10(12(14)16-19)15-13(18)9-5-6-11(17)8(2)7-9/h5-7,10,17,19H,3-4H2,1-2H3,(H2,14,16)(H,15,18). The van der Waals surface area contributed by atoms with Crippen molar-refractivity contribution in [3.05, 3.63) is 29.3 Å². The van der Waals surface area contributed by atoms with Gasteiger partial charge in [0.15, 0.2) is 5.84 Å². The van der Waals surface area contributed by atoms with Crippen molar-refractivity contribution >= 4 is 11.7 Å². The van der Waals surface area contributed by atoms with Crippen molar-refractivity contribution < 1.29 is 15.1 Å². The quantitative estimate of drug-likeness (QED) is 0.279. The molecule has 0 aliphatic heterocycles. The van der Waals surface area contributed by atoms with Gasteiger partial charge in [-0.05, 0) is 37.1 Å². The molecule has 1 aromatic rings. The highest BCUT2D eigenvalue weighted by atomic mass is 16.4. The minimum absolute atomic E-state index is 0.0225. The minimum Gasteiger partial charge on any atom is -0.508 e. The van der Waals surface area contributed by atoms with Crippen LogP contribution in [0.2, 0.25) is 0 Å². The van der Waals surface area contributed by atoms with E-state index in [9.17, 15) is 9.90 Å². The number of amidine groups is 1. The van der Waals surface area contributed by atoms with Gasteiger partial charge in [0.05, 0.1) is 6.04 Å². The zero-order valence-corrected chi connectivity index (χ0v) is 11.1. The van der Waals surface area contributed by atoms with Crippen molar-refractivity contribution in [3.63, 3.8) is 0 Å². The van der Waals surface area contributed by atoms with E-state index in [4.69, 9.17) is 10.9 Å². The second kappa shape index (κ2) is 6.63. The van der Waals surface area contributed by atoms with Gasteiger partial charge < -0.3 is 21.4 Å². The van der Waals surface area contributed by atoms with Crippen LogP contribution in [0, 0.1) is 6.92 Å². The maximum absolute atomic E-state index is 12.0. The van der Waals surface area contributed by atoms with Crippen LogP contribution in [-0.4, -0.2) is 28.1 Å². The largest absolute Gasteiger partial charge is 0.508 e. The summed E-state index contributed by atoms with van der Waals surface area (Å²) in [7, 11) is 0. The fourth-order valence-electron chi connectivity index (χ4n) is 1.69. The Kier molecular flexibility index (Phi) is 5.17. The van der Waals surface area contributed by atoms with E-state index in [-0.39, 0.29) is 17.5 Å². The molecule has 5 N–H and O–H groups in total. The predicted octanol–water partition coefficient (Wildman–Crippen LogP) is 1.35. The van der Waals surface area contributed by atoms with Gasteiger partial charge in [-0.25, -0.2) is 0 Å².